The first-order valence-electron chi connectivity index (χ1n) is 9.83. The van der Waals surface area contributed by atoms with Gasteiger partial charge >= 0.3 is 0 Å². The van der Waals surface area contributed by atoms with E-state index in [9.17, 15) is 13.2 Å². The summed E-state index contributed by atoms with van der Waals surface area (Å²) in [5, 5.41) is 3.47. The molecule has 3 rings (SSSR count). The van der Waals surface area contributed by atoms with Crippen molar-refractivity contribution >= 4 is 38.9 Å². The van der Waals surface area contributed by atoms with Gasteiger partial charge in [0, 0.05) is 50.9 Å². The minimum absolute atomic E-state index is 0.140. The summed E-state index contributed by atoms with van der Waals surface area (Å²) in [6.07, 6.45) is 0. The Morgan fingerprint density at radius 3 is 2.27 bits per heavy atom. The lowest BCUT2D eigenvalue weighted by Crippen LogP contribution is -2.46. The van der Waals surface area contributed by atoms with E-state index in [4.69, 9.17) is 11.6 Å². The largest absolute Gasteiger partial charge is 0.367 e. The highest BCUT2D eigenvalue weighted by molar-refractivity contribution is 7.89. The molecule has 0 radical (unpaired) electrons. The van der Waals surface area contributed by atoms with Crippen molar-refractivity contribution in [1.29, 1.82) is 0 Å². The Kier molecular flexibility index (Phi) is 7.02. The quantitative estimate of drug-likeness (QED) is 0.732. The topological polar surface area (TPSA) is 73.0 Å². The van der Waals surface area contributed by atoms with Crippen LogP contribution in [-0.2, 0) is 10.0 Å². The molecular formula is C21H27ClN4O3S. The van der Waals surface area contributed by atoms with Crippen molar-refractivity contribution in [2.24, 2.45) is 0 Å². The fourth-order valence-corrected chi connectivity index (χ4v) is 4.45. The van der Waals surface area contributed by atoms with E-state index in [0.29, 0.717) is 16.3 Å². The van der Waals surface area contributed by atoms with Crippen molar-refractivity contribution < 1.29 is 13.2 Å². The molecule has 0 aromatic heterocycles. The molecule has 7 nitrogen and oxygen atoms in total. The number of hydrogen-bond acceptors (Lipinski definition) is 5. The van der Waals surface area contributed by atoms with Gasteiger partial charge in [0.05, 0.1) is 16.3 Å². The molecule has 0 unspecified atom stereocenters. The van der Waals surface area contributed by atoms with Crippen molar-refractivity contribution in [3.63, 3.8) is 0 Å². The van der Waals surface area contributed by atoms with Crippen molar-refractivity contribution in [1.82, 2.24) is 9.21 Å². The normalized spacial score (nSPS) is 15.4. The van der Waals surface area contributed by atoms with Crippen LogP contribution in [0, 0.1) is 0 Å². The summed E-state index contributed by atoms with van der Waals surface area (Å²) in [7, 11) is -0.600. The second-order valence-corrected chi connectivity index (χ2v) is 9.94. The third-order valence-electron chi connectivity index (χ3n) is 5.26. The predicted molar refractivity (Wildman–Crippen MR) is 121 cm³/mol. The first kappa shape index (κ1) is 22.6. The number of sulfonamides is 1. The minimum atomic E-state index is -3.54. The maximum atomic E-state index is 12.8. The van der Waals surface area contributed by atoms with Crippen LogP contribution in [-0.4, -0.2) is 70.3 Å². The minimum Gasteiger partial charge on any atom is -0.367 e. The Morgan fingerprint density at radius 2 is 1.70 bits per heavy atom. The maximum absolute atomic E-state index is 12.8. The van der Waals surface area contributed by atoms with Gasteiger partial charge in [-0.15, -0.1) is 0 Å². The summed E-state index contributed by atoms with van der Waals surface area (Å²) < 4.78 is 25.6. The maximum Gasteiger partial charge on any atom is 0.255 e. The van der Waals surface area contributed by atoms with Crippen molar-refractivity contribution in [3.05, 3.63) is 53.1 Å². The molecule has 1 aliphatic heterocycles. The van der Waals surface area contributed by atoms with Crippen LogP contribution in [0.5, 0.6) is 0 Å². The second-order valence-electron chi connectivity index (χ2n) is 7.35. The van der Waals surface area contributed by atoms with Gasteiger partial charge in [-0.3, -0.25) is 4.79 Å². The average Bonchev–Trinajstić information content (AvgIpc) is 2.74. The number of hydrogen-bond donors (Lipinski definition) is 1. The third-order valence-corrected chi connectivity index (χ3v) is 7.33. The Hall–Kier alpha value is -2.13. The lowest BCUT2D eigenvalue weighted by Gasteiger charge is -2.36. The monoisotopic (exact) mass is 450 g/mol. The lowest BCUT2D eigenvalue weighted by atomic mass is 10.1. The molecule has 1 amide bonds. The van der Waals surface area contributed by atoms with E-state index in [1.807, 2.05) is 12.1 Å². The van der Waals surface area contributed by atoms with E-state index in [2.05, 4.69) is 22.0 Å². The standard InChI is InChI=1S/C21H27ClN4O3S/c1-4-25-11-13-26(14-12-25)20-10-7-17(22)15-19(20)23-21(27)16-5-8-18(9-6-16)30(28,29)24(2)3/h5-10,15H,4,11-14H2,1-3H3,(H,23,27). The number of amides is 1. The number of carbonyl (C=O) groups excluding carboxylic acids is 1. The molecule has 0 atom stereocenters. The van der Waals surface area contributed by atoms with Gasteiger partial charge in [0.1, 0.15) is 0 Å². The Labute approximate surface area is 183 Å². The van der Waals surface area contributed by atoms with E-state index in [1.165, 1.54) is 38.4 Å². The zero-order valence-corrected chi connectivity index (χ0v) is 19.0. The van der Waals surface area contributed by atoms with Gasteiger partial charge in [0.15, 0.2) is 0 Å². The van der Waals surface area contributed by atoms with E-state index >= 15 is 0 Å². The highest BCUT2D eigenvalue weighted by Crippen LogP contribution is 2.30. The van der Waals surface area contributed by atoms with Crippen LogP contribution in [0.15, 0.2) is 47.4 Å². The molecule has 1 aliphatic rings. The summed E-state index contributed by atoms with van der Waals surface area (Å²) in [6.45, 7) is 6.85. The molecule has 1 fully saturated rings. The van der Waals surface area contributed by atoms with Crippen LogP contribution < -0.4 is 10.2 Å². The van der Waals surface area contributed by atoms with Crippen LogP contribution in [0.1, 0.15) is 17.3 Å². The first-order valence-corrected chi connectivity index (χ1v) is 11.6. The molecule has 0 bridgehead atoms. The molecule has 1 heterocycles. The predicted octanol–water partition coefficient (Wildman–Crippen LogP) is 2.98. The number of nitrogens with one attached hydrogen (secondary N) is 1. The summed E-state index contributed by atoms with van der Waals surface area (Å²) >= 11 is 6.18. The van der Waals surface area contributed by atoms with E-state index in [1.54, 1.807) is 6.07 Å². The molecule has 0 saturated carbocycles. The number of benzene rings is 2. The number of anilines is 2. The molecule has 1 N–H and O–H groups in total. The Bertz CT molecular complexity index is 1000. The molecule has 162 valence electrons. The Morgan fingerprint density at radius 1 is 1.07 bits per heavy atom. The van der Waals surface area contributed by atoms with E-state index in [-0.39, 0.29) is 10.8 Å². The van der Waals surface area contributed by atoms with Gasteiger partial charge in [-0.05, 0) is 49.0 Å². The third kappa shape index (κ3) is 4.95. The van der Waals surface area contributed by atoms with Crippen molar-refractivity contribution in [2.75, 3.05) is 57.0 Å². The Balaban J connectivity index is 1.79. The molecule has 1 saturated heterocycles. The van der Waals surface area contributed by atoms with Gasteiger partial charge in [0.25, 0.3) is 5.91 Å². The number of halogens is 1. The van der Waals surface area contributed by atoms with Gasteiger partial charge in [0.2, 0.25) is 10.0 Å². The number of rotatable bonds is 6. The summed E-state index contributed by atoms with van der Waals surface area (Å²) in [6, 6.07) is 11.4. The number of carbonyl (C=O) groups is 1. The van der Waals surface area contributed by atoms with Crippen LogP contribution in [0.2, 0.25) is 5.02 Å². The fraction of sp³-hybridized carbons (Fsp3) is 0.381. The number of likely N-dealkylation sites (N-methyl/N-ethyl adjacent to an activating group) is 1. The zero-order chi connectivity index (χ0) is 21.9. The van der Waals surface area contributed by atoms with Crippen LogP contribution in [0.3, 0.4) is 0 Å². The van der Waals surface area contributed by atoms with Crippen molar-refractivity contribution in [3.8, 4) is 0 Å². The molecule has 0 aliphatic carbocycles. The number of piperazine rings is 1. The van der Waals surface area contributed by atoms with Gasteiger partial charge < -0.3 is 15.1 Å². The van der Waals surface area contributed by atoms with Crippen molar-refractivity contribution in [2.45, 2.75) is 11.8 Å². The van der Waals surface area contributed by atoms with Gasteiger partial charge in [-0.25, -0.2) is 12.7 Å². The van der Waals surface area contributed by atoms with Crippen LogP contribution in [0.4, 0.5) is 11.4 Å². The van der Waals surface area contributed by atoms with E-state index < -0.39 is 10.0 Å². The van der Waals surface area contributed by atoms with Gasteiger partial charge in [-0.2, -0.15) is 0 Å². The zero-order valence-electron chi connectivity index (χ0n) is 17.4. The van der Waals surface area contributed by atoms with Crippen LogP contribution in [0.25, 0.3) is 0 Å². The molecule has 0 spiro atoms. The molecule has 9 heteroatoms. The number of nitrogens with zero attached hydrogens (tertiary/aromatic N) is 3. The summed E-state index contributed by atoms with van der Waals surface area (Å²) in [5.41, 5.74) is 1.94. The summed E-state index contributed by atoms with van der Waals surface area (Å²) in [5.74, 6) is -0.320. The van der Waals surface area contributed by atoms with E-state index in [0.717, 1.165) is 42.7 Å². The summed E-state index contributed by atoms with van der Waals surface area (Å²) in [4.78, 5) is 17.6. The molecule has 30 heavy (non-hydrogen) atoms. The molecular weight excluding hydrogens is 424 g/mol. The SMILES string of the molecule is CCN1CCN(c2ccc(Cl)cc2NC(=O)c2ccc(S(=O)(=O)N(C)C)cc2)CC1. The highest BCUT2D eigenvalue weighted by Gasteiger charge is 2.21. The van der Waals surface area contributed by atoms with Crippen LogP contribution >= 0.6 is 11.6 Å². The first-order chi connectivity index (χ1) is 14.2. The highest BCUT2D eigenvalue weighted by atomic mass is 35.5. The second kappa shape index (κ2) is 9.34. The smallest absolute Gasteiger partial charge is 0.255 e. The fourth-order valence-electron chi connectivity index (χ4n) is 3.37. The average molecular weight is 451 g/mol. The van der Waals surface area contributed by atoms with Gasteiger partial charge in [-0.1, -0.05) is 18.5 Å². The molecule has 2 aromatic rings. The lowest BCUT2D eigenvalue weighted by molar-refractivity contribution is 0.102. The molecule has 2 aromatic carbocycles.